The van der Waals surface area contributed by atoms with Crippen molar-refractivity contribution in [3.8, 4) is 11.9 Å². The van der Waals surface area contributed by atoms with E-state index in [0.29, 0.717) is 12.4 Å². The summed E-state index contributed by atoms with van der Waals surface area (Å²) in [4.78, 5) is 7.93. The summed E-state index contributed by atoms with van der Waals surface area (Å²) >= 11 is 0. The molecule has 6 nitrogen and oxygen atoms in total. The van der Waals surface area contributed by atoms with Gasteiger partial charge in [-0.2, -0.15) is 5.26 Å². The van der Waals surface area contributed by atoms with Gasteiger partial charge in [0, 0.05) is 18.3 Å². The van der Waals surface area contributed by atoms with Gasteiger partial charge in [-0.25, -0.2) is 14.6 Å². The predicted molar refractivity (Wildman–Crippen MR) is 51.8 cm³/mol. The van der Waals surface area contributed by atoms with Crippen LogP contribution in [0.1, 0.15) is 11.4 Å². The Morgan fingerprint density at radius 1 is 1.47 bits per heavy atom. The highest BCUT2D eigenvalue weighted by Gasteiger charge is 2.06. The van der Waals surface area contributed by atoms with Crippen LogP contribution in [0.15, 0.2) is 24.7 Å². The molecule has 2 rings (SSSR count). The van der Waals surface area contributed by atoms with Gasteiger partial charge in [-0.1, -0.05) is 6.07 Å². The van der Waals surface area contributed by atoms with Crippen molar-refractivity contribution in [3.05, 3.63) is 36.0 Å². The first-order chi connectivity index (χ1) is 7.35. The molecule has 0 saturated heterocycles. The number of aromatic nitrogens is 4. The van der Waals surface area contributed by atoms with E-state index in [2.05, 4.69) is 15.1 Å². The van der Waals surface area contributed by atoms with E-state index in [4.69, 9.17) is 11.0 Å². The first kappa shape index (κ1) is 9.30. The van der Waals surface area contributed by atoms with Crippen molar-refractivity contribution >= 4 is 0 Å². The predicted octanol–water partition coefficient (Wildman–Crippen LogP) is -0.00732. The van der Waals surface area contributed by atoms with E-state index in [9.17, 15) is 0 Å². The Kier molecular flexibility index (Phi) is 2.39. The van der Waals surface area contributed by atoms with E-state index in [1.807, 2.05) is 12.1 Å². The number of hydrogen-bond donors (Lipinski definition) is 1. The molecule has 0 aliphatic heterocycles. The molecular weight excluding hydrogens is 192 g/mol. The van der Waals surface area contributed by atoms with Crippen molar-refractivity contribution in [2.45, 2.75) is 6.54 Å². The number of nitrogens with two attached hydrogens (primary N) is 1. The SMILES string of the molecule is N#Cc1ncn(-c2ncccc2CN)n1. The minimum atomic E-state index is 0.114. The van der Waals surface area contributed by atoms with Crippen molar-refractivity contribution in [1.82, 2.24) is 19.7 Å². The van der Waals surface area contributed by atoms with Crippen LogP contribution < -0.4 is 5.73 Å². The van der Waals surface area contributed by atoms with Crippen molar-refractivity contribution < 1.29 is 0 Å². The second-order valence-corrected chi connectivity index (χ2v) is 2.81. The van der Waals surface area contributed by atoms with Gasteiger partial charge in [-0.05, 0) is 6.07 Å². The molecule has 0 unspecified atom stereocenters. The minimum absolute atomic E-state index is 0.114. The molecule has 2 aromatic rings. The highest BCUT2D eigenvalue weighted by molar-refractivity contribution is 5.32. The lowest BCUT2D eigenvalue weighted by molar-refractivity contribution is 0.818. The standard InChI is InChI=1S/C9H8N6/c10-4-7-2-1-3-12-9(7)15-6-13-8(5-11)14-15/h1-3,6H,4,10H2. The number of nitriles is 1. The quantitative estimate of drug-likeness (QED) is 0.736. The number of hydrogen-bond acceptors (Lipinski definition) is 5. The van der Waals surface area contributed by atoms with Crippen LogP contribution >= 0.6 is 0 Å². The maximum atomic E-state index is 8.59. The minimum Gasteiger partial charge on any atom is -0.326 e. The molecule has 15 heavy (non-hydrogen) atoms. The molecular formula is C9H8N6. The molecule has 2 heterocycles. The summed E-state index contributed by atoms with van der Waals surface area (Å²) < 4.78 is 1.45. The Morgan fingerprint density at radius 3 is 3.00 bits per heavy atom. The highest BCUT2D eigenvalue weighted by atomic mass is 15.4. The number of rotatable bonds is 2. The third-order valence-corrected chi connectivity index (χ3v) is 1.90. The Morgan fingerprint density at radius 2 is 2.33 bits per heavy atom. The van der Waals surface area contributed by atoms with Crippen LogP contribution in [0.2, 0.25) is 0 Å². The molecule has 6 heteroatoms. The van der Waals surface area contributed by atoms with Gasteiger partial charge in [-0.15, -0.1) is 5.10 Å². The molecule has 0 atom stereocenters. The van der Waals surface area contributed by atoms with Crippen LogP contribution in [0.3, 0.4) is 0 Å². The van der Waals surface area contributed by atoms with Crippen LogP contribution in [0.4, 0.5) is 0 Å². The number of nitrogens with zero attached hydrogens (tertiary/aromatic N) is 5. The molecule has 0 bridgehead atoms. The van der Waals surface area contributed by atoms with E-state index >= 15 is 0 Å². The molecule has 0 spiro atoms. The van der Waals surface area contributed by atoms with E-state index in [1.54, 1.807) is 12.3 Å². The normalized spacial score (nSPS) is 9.87. The van der Waals surface area contributed by atoms with E-state index in [1.165, 1.54) is 11.0 Å². The van der Waals surface area contributed by atoms with Gasteiger partial charge < -0.3 is 5.73 Å². The molecule has 0 amide bonds. The van der Waals surface area contributed by atoms with Crippen molar-refractivity contribution in [2.75, 3.05) is 0 Å². The summed E-state index contributed by atoms with van der Waals surface area (Å²) in [5.41, 5.74) is 6.41. The van der Waals surface area contributed by atoms with Gasteiger partial charge >= 0.3 is 0 Å². The topological polar surface area (TPSA) is 93.4 Å². The Bertz CT molecular complexity index is 509. The summed E-state index contributed by atoms with van der Waals surface area (Å²) in [6.07, 6.45) is 3.09. The molecule has 0 saturated carbocycles. The molecule has 0 radical (unpaired) electrons. The third-order valence-electron chi connectivity index (χ3n) is 1.90. The molecule has 0 aliphatic rings. The molecule has 0 aromatic carbocycles. The lowest BCUT2D eigenvalue weighted by Crippen LogP contribution is -2.07. The summed E-state index contributed by atoms with van der Waals surface area (Å²) in [6.45, 7) is 0.366. The summed E-state index contributed by atoms with van der Waals surface area (Å²) in [6, 6.07) is 5.51. The zero-order valence-electron chi connectivity index (χ0n) is 7.83. The molecule has 0 aliphatic carbocycles. The number of pyridine rings is 1. The third kappa shape index (κ3) is 1.68. The first-order valence-electron chi connectivity index (χ1n) is 4.31. The van der Waals surface area contributed by atoms with Gasteiger partial charge in [0.25, 0.3) is 5.82 Å². The Labute approximate surface area is 86.0 Å². The van der Waals surface area contributed by atoms with Crippen LogP contribution in [-0.4, -0.2) is 19.7 Å². The highest BCUT2D eigenvalue weighted by Crippen LogP contribution is 2.08. The average molecular weight is 200 g/mol. The lowest BCUT2D eigenvalue weighted by atomic mass is 10.2. The second kappa shape index (κ2) is 3.86. The lowest BCUT2D eigenvalue weighted by Gasteiger charge is -2.03. The van der Waals surface area contributed by atoms with E-state index in [0.717, 1.165) is 5.56 Å². The summed E-state index contributed by atoms with van der Waals surface area (Å²) in [7, 11) is 0. The zero-order valence-corrected chi connectivity index (χ0v) is 7.83. The van der Waals surface area contributed by atoms with Gasteiger partial charge in [0.2, 0.25) is 0 Å². The largest absolute Gasteiger partial charge is 0.326 e. The molecule has 2 aromatic heterocycles. The van der Waals surface area contributed by atoms with Crippen LogP contribution in [0, 0.1) is 11.3 Å². The van der Waals surface area contributed by atoms with Crippen molar-refractivity contribution in [2.24, 2.45) is 5.73 Å². The Balaban J connectivity index is 2.49. The smallest absolute Gasteiger partial charge is 0.252 e. The maximum Gasteiger partial charge on any atom is 0.252 e. The molecule has 74 valence electrons. The second-order valence-electron chi connectivity index (χ2n) is 2.81. The summed E-state index contributed by atoms with van der Waals surface area (Å²) in [5.74, 6) is 0.720. The van der Waals surface area contributed by atoms with Crippen molar-refractivity contribution in [3.63, 3.8) is 0 Å². The zero-order chi connectivity index (χ0) is 10.7. The van der Waals surface area contributed by atoms with E-state index < -0.39 is 0 Å². The summed E-state index contributed by atoms with van der Waals surface area (Å²) in [5, 5.41) is 12.5. The van der Waals surface area contributed by atoms with Crippen LogP contribution in [0.25, 0.3) is 5.82 Å². The fourth-order valence-electron chi connectivity index (χ4n) is 1.21. The van der Waals surface area contributed by atoms with Gasteiger partial charge in [0.05, 0.1) is 0 Å². The molecule has 0 fully saturated rings. The van der Waals surface area contributed by atoms with Crippen LogP contribution in [0.5, 0.6) is 0 Å². The fourth-order valence-corrected chi connectivity index (χ4v) is 1.21. The molecule has 2 N–H and O–H groups in total. The monoisotopic (exact) mass is 200 g/mol. The fraction of sp³-hybridized carbons (Fsp3) is 0.111. The average Bonchev–Trinajstić information content (AvgIpc) is 2.77. The van der Waals surface area contributed by atoms with Gasteiger partial charge in [0.15, 0.2) is 5.82 Å². The van der Waals surface area contributed by atoms with Crippen LogP contribution in [-0.2, 0) is 6.54 Å². The van der Waals surface area contributed by atoms with Crippen molar-refractivity contribution in [1.29, 1.82) is 5.26 Å². The van der Waals surface area contributed by atoms with Gasteiger partial charge in [-0.3, -0.25) is 0 Å². The van der Waals surface area contributed by atoms with E-state index in [-0.39, 0.29) is 5.82 Å². The first-order valence-corrected chi connectivity index (χ1v) is 4.31. The van der Waals surface area contributed by atoms with Gasteiger partial charge in [0.1, 0.15) is 12.4 Å². The Hall–Kier alpha value is -2.26. The maximum absolute atomic E-state index is 8.59.